The van der Waals surface area contributed by atoms with Crippen molar-refractivity contribution in [2.75, 3.05) is 12.9 Å². The molecule has 0 aliphatic carbocycles. The van der Waals surface area contributed by atoms with Crippen molar-refractivity contribution in [3.63, 3.8) is 0 Å². The second-order valence-corrected chi connectivity index (χ2v) is 9.39. The van der Waals surface area contributed by atoms with Gasteiger partial charge in [-0.2, -0.15) is 0 Å². The highest BCUT2D eigenvalue weighted by Gasteiger charge is 2.29. The summed E-state index contributed by atoms with van der Waals surface area (Å²) < 4.78 is 7.25. The van der Waals surface area contributed by atoms with Gasteiger partial charge in [0.15, 0.2) is 11.0 Å². The first-order chi connectivity index (χ1) is 15.5. The maximum atomic E-state index is 13.1. The van der Waals surface area contributed by atoms with Crippen molar-refractivity contribution >= 4 is 29.3 Å². The third-order valence-corrected chi connectivity index (χ3v) is 7.07. The summed E-state index contributed by atoms with van der Waals surface area (Å²) in [7, 11) is 1.59. The lowest BCUT2D eigenvalue weighted by atomic mass is 9.98. The Balaban J connectivity index is 1.66. The molecule has 32 heavy (non-hydrogen) atoms. The van der Waals surface area contributed by atoms with Crippen molar-refractivity contribution < 1.29 is 9.53 Å². The molecule has 0 N–H and O–H groups in total. The van der Waals surface area contributed by atoms with Crippen molar-refractivity contribution in [1.82, 2.24) is 19.7 Å². The van der Waals surface area contributed by atoms with E-state index in [0.29, 0.717) is 27.5 Å². The summed E-state index contributed by atoms with van der Waals surface area (Å²) in [6.07, 6.45) is 3.28. The Morgan fingerprint density at radius 3 is 2.50 bits per heavy atom. The number of methoxy groups -OCH3 is 1. The molecule has 0 radical (unpaired) electrons. The van der Waals surface area contributed by atoms with Gasteiger partial charge < -0.3 is 9.64 Å². The fourth-order valence-electron chi connectivity index (χ4n) is 4.28. The molecule has 6 nitrogen and oxygen atoms in total. The number of thioether (sulfide) groups is 1. The van der Waals surface area contributed by atoms with E-state index in [4.69, 9.17) is 16.3 Å². The van der Waals surface area contributed by atoms with Crippen LogP contribution in [0, 0.1) is 0 Å². The molecule has 1 amide bonds. The second-order valence-electron chi connectivity index (χ2n) is 8.05. The highest BCUT2D eigenvalue weighted by atomic mass is 35.5. The summed E-state index contributed by atoms with van der Waals surface area (Å²) in [6, 6.07) is 16.0. The van der Waals surface area contributed by atoms with Crippen LogP contribution < -0.4 is 4.74 Å². The maximum absolute atomic E-state index is 13.1. The van der Waals surface area contributed by atoms with Gasteiger partial charge in [-0.3, -0.25) is 9.36 Å². The average Bonchev–Trinajstić information content (AvgIpc) is 3.22. The number of hydrogen-bond donors (Lipinski definition) is 0. The Hall–Kier alpha value is -2.51. The zero-order valence-electron chi connectivity index (χ0n) is 18.5. The molecule has 4 rings (SSSR count). The van der Waals surface area contributed by atoms with Crippen LogP contribution in [0.5, 0.6) is 5.75 Å². The number of aromatic nitrogens is 3. The number of carbonyl (C=O) groups excluding carboxylic acids is 1. The molecule has 1 saturated heterocycles. The van der Waals surface area contributed by atoms with Crippen LogP contribution in [0.4, 0.5) is 0 Å². The van der Waals surface area contributed by atoms with Crippen molar-refractivity contribution in [2.45, 2.75) is 50.4 Å². The van der Waals surface area contributed by atoms with E-state index in [1.807, 2.05) is 58.0 Å². The number of amides is 1. The van der Waals surface area contributed by atoms with E-state index in [1.54, 1.807) is 7.11 Å². The van der Waals surface area contributed by atoms with Crippen LogP contribution in [0.2, 0.25) is 5.02 Å². The number of piperidine rings is 1. The van der Waals surface area contributed by atoms with E-state index >= 15 is 0 Å². The van der Waals surface area contributed by atoms with E-state index in [0.717, 1.165) is 24.1 Å². The first-order valence-electron chi connectivity index (χ1n) is 10.8. The highest BCUT2D eigenvalue weighted by molar-refractivity contribution is 7.99. The summed E-state index contributed by atoms with van der Waals surface area (Å²) >= 11 is 7.81. The van der Waals surface area contributed by atoms with E-state index < -0.39 is 0 Å². The molecule has 1 aromatic heterocycles. The average molecular weight is 471 g/mol. The van der Waals surface area contributed by atoms with E-state index in [-0.39, 0.29) is 18.0 Å². The van der Waals surface area contributed by atoms with Crippen molar-refractivity contribution in [3.05, 3.63) is 53.6 Å². The molecule has 8 heteroatoms. The number of likely N-dealkylation sites (tertiary alicyclic amines) is 1. The van der Waals surface area contributed by atoms with Crippen molar-refractivity contribution in [3.8, 4) is 22.8 Å². The minimum absolute atomic E-state index is 0.137. The van der Waals surface area contributed by atoms with Gasteiger partial charge in [-0.1, -0.05) is 53.7 Å². The molecular formula is C24H27ClN4O2S. The molecule has 1 aliphatic rings. The summed E-state index contributed by atoms with van der Waals surface area (Å²) in [5.41, 5.74) is 1.75. The molecule has 168 valence electrons. The Kier molecular flexibility index (Phi) is 7.06. The van der Waals surface area contributed by atoms with Crippen LogP contribution in [-0.4, -0.2) is 50.5 Å². The minimum atomic E-state index is 0.137. The molecule has 2 aromatic carbocycles. The van der Waals surface area contributed by atoms with Gasteiger partial charge in [-0.25, -0.2) is 0 Å². The largest absolute Gasteiger partial charge is 0.495 e. The van der Waals surface area contributed by atoms with E-state index in [1.165, 1.54) is 18.2 Å². The van der Waals surface area contributed by atoms with Crippen LogP contribution in [0.15, 0.2) is 53.7 Å². The fraction of sp³-hybridized carbons (Fsp3) is 0.375. The topological polar surface area (TPSA) is 60.2 Å². The molecule has 1 aliphatic heterocycles. The zero-order valence-corrected chi connectivity index (χ0v) is 20.1. The van der Waals surface area contributed by atoms with Gasteiger partial charge in [0, 0.05) is 17.6 Å². The van der Waals surface area contributed by atoms with Crippen LogP contribution in [0.3, 0.4) is 0 Å². The molecule has 0 saturated carbocycles. The molecule has 0 bridgehead atoms. The predicted octanol–water partition coefficient (Wildman–Crippen LogP) is 5.48. The molecule has 0 unspecified atom stereocenters. The fourth-order valence-corrected chi connectivity index (χ4v) is 5.35. The van der Waals surface area contributed by atoms with E-state index in [2.05, 4.69) is 24.0 Å². The Morgan fingerprint density at radius 1 is 1.12 bits per heavy atom. The number of benzene rings is 2. The SMILES string of the molecule is COc1ccc(-n2c(SCC(=O)N3[C@@H](C)CCC[C@@H]3C)nnc2-c2ccccc2)cc1Cl. The second kappa shape index (κ2) is 9.96. The maximum Gasteiger partial charge on any atom is 0.233 e. The zero-order chi connectivity index (χ0) is 22.7. The Labute approximate surface area is 197 Å². The lowest BCUT2D eigenvalue weighted by Gasteiger charge is -2.39. The Morgan fingerprint density at radius 2 is 1.84 bits per heavy atom. The number of halogens is 1. The molecule has 2 atom stereocenters. The van der Waals surface area contributed by atoms with Crippen LogP contribution >= 0.6 is 23.4 Å². The van der Waals surface area contributed by atoms with Gasteiger partial charge in [-0.15, -0.1) is 10.2 Å². The first-order valence-corrected chi connectivity index (χ1v) is 12.1. The summed E-state index contributed by atoms with van der Waals surface area (Å²) in [6.45, 7) is 4.27. The summed E-state index contributed by atoms with van der Waals surface area (Å²) in [4.78, 5) is 15.1. The predicted molar refractivity (Wildman–Crippen MR) is 129 cm³/mol. The van der Waals surface area contributed by atoms with Gasteiger partial charge in [0.2, 0.25) is 5.91 Å². The van der Waals surface area contributed by atoms with Gasteiger partial charge >= 0.3 is 0 Å². The van der Waals surface area contributed by atoms with Gasteiger partial charge in [0.25, 0.3) is 0 Å². The molecule has 1 fully saturated rings. The molecular weight excluding hydrogens is 444 g/mol. The van der Waals surface area contributed by atoms with E-state index in [9.17, 15) is 4.79 Å². The normalized spacial score (nSPS) is 18.6. The van der Waals surface area contributed by atoms with Gasteiger partial charge in [-0.05, 0) is 51.3 Å². The van der Waals surface area contributed by atoms with Crippen LogP contribution in [0.1, 0.15) is 33.1 Å². The molecule has 2 heterocycles. The number of nitrogens with zero attached hydrogens (tertiary/aromatic N) is 4. The van der Waals surface area contributed by atoms with Gasteiger partial charge in [0.1, 0.15) is 5.75 Å². The van der Waals surface area contributed by atoms with Crippen LogP contribution in [0.25, 0.3) is 17.1 Å². The number of hydrogen-bond acceptors (Lipinski definition) is 5. The van der Waals surface area contributed by atoms with Crippen molar-refractivity contribution in [1.29, 1.82) is 0 Å². The lowest BCUT2D eigenvalue weighted by molar-refractivity contribution is -0.134. The standard InChI is InChI=1S/C24H27ClN4O2S/c1-16-8-7-9-17(2)28(16)22(30)15-32-24-27-26-23(18-10-5-4-6-11-18)29(24)19-12-13-21(31-3)20(25)14-19/h4-6,10-14,16-17H,7-9,15H2,1-3H3/t16-,17-/m0/s1. The number of ether oxygens (including phenoxy) is 1. The Bertz CT molecular complexity index is 1080. The smallest absolute Gasteiger partial charge is 0.233 e. The minimum Gasteiger partial charge on any atom is -0.495 e. The van der Waals surface area contributed by atoms with Crippen LogP contribution in [-0.2, 0) is 4.79 Å². The monoisotopic (exact) mass is 470 g/mol. The quantitative estimate of drug-likeness (QED) is 0.446. The third kappa shape index (κ3) is 4.64. The van der Waals surface area contributed by atoms with Gasteiger partial charge in [0.05, 0.1) is 23.6 Å². The molecule has 0 spiro atoms. The van der Waals surface area contributed by atoms with Crippen molar-refractivity contribution in [2.24, 2.45) is 0 Å². The number of rotatable bonds is 6. The summed E-state index contributed by atoms with van der Waals surface area (Å²) in [5.74, 6) is 1.74. The summed E-state index contributed by atoms with van der Waals surface area (Å²) in [5, 5.41) is 10.0. The lowest BCUT2D eigenvalue weighted by Crippen LogP contribution is -2.48. The number of carbonyl (C=O) groups is 1. The first kappa shape index (κ1) is 22.7. The highest BCUT2D eigenvalue weighted by Crippen LogP contribution is 2.33. The third-order valence-electron chi connectivity index (χ3n) is 5.87. The molecule has 3 aromatic rings.